The smallest absolute Gasteiger partial charge is 0.126 e. The standard InChI is InChI=1S/C13H15NO/c1-9(14)10-7-8-13(15-2)12-6-4-3-5-11(10)12/h3-9H,14H2,1-2H3/t9-/m1/s1. The molecule has 0 unspecified atom stereocenters. The molecule has 2 N–H and O–H groups in total. The van der Waals surface area contributed by atoms with Crippen molar-refractivity contribution in [1.29, 1.82) is 0 Å². The van der Waals surface area contributed by atoms with E-state index >= 15 is 0 Å². The molecule has 1 atom stereocenters. The summed E-state index contributed by atoms with van der Waals surface area (Å²) in [5.41, 5.74) is 7.09. The highest BCUT2D eigenvalue weighted by Crippen LogP contribution is 2.30. The highest BCUT2D eigenvalue weighted by molar-refractivity contribution is 5.91. The van der Waals surface area contributed by atoms with E-state index in [0.717, 1.165) is 16.7 Å². The fraction of sp³-hybridized carbons (Fsp3) is 0.231. The summed E-state index contributed by atoms with van der Waals surface area (Å²) in [6.07, 6.45) is 0. The average Bonchev–Trinajstić information content (AvgIpc) is 2.27. The highest BCUT2D eigenvalue weighted by Gasteiger charge is 2.08. The van der Waals surface area contributed by atoms with Gasteiger partial charge in [-0.05, 0) is 23.9 Å². The maximum Gasteiger partial charge on any atom is 0.126 e. The summed E-state index contributed by atoms with van der Waals surface area (Å²) < 4.78 is 5.32. The van der Waals surface area contributed by atoms with Crippen LogP contribution in [-0.4, -0.2) is 7.11 Å². The van der Waals surface area contributed by atoms with E-state index in [-0.39, 0.29) is 6.04 Å². The van der Waals surface area contributed by atoms with Gasteiger partial charge in [0.1, 0.15) is 5.75 Å². The maximum absolute atomic E-state index is 5.93. The predicted molar refractivity (Wildman–Crippen MR) is 63.1 cm³/mol. The number of benzene rings is 2. The lowest BCUT2D eigenvalue weighted by Gasteiger charge is -2.12. The number of nitrogens with two attached hydrogens (primary N) is 1. The van der Waals surface area contributed by atoms with Gasteiger partial charge in [0.25, 0.3) is 0 Å². The van der Waals surface area contributed by atoms with Crippen LogP contribution in [0.25, 0.3) is 10.8 Å². The minimum Gasteiger partial charge on any atom is -0.496 e. The van der Waals surface area contributed by atoms with Gasteiger partial charge in [0.15, 0.2) is 0 Å². The number of methoxy groups -OCH3 is 1. The Morgan fingerprint density at radius 1 is 1.07 bits per heavy atom. The Balaban J connectivity index is 2.77. The zero-order valence-electron chi connectivity index (χ0n) is 9.03. The van der Waals surface area contributed by atoms with Crippen molar-refractivity contribution in [2.45, 2.75) is 13.0 Å². The van der Waals surface area contributed by atoms with Gasteiger partial charge < -0.3 is 10.5 Å². The van der Waals surface area contributed by atoms with Crippen LogP contribution in [0.5, 0.6) is 5.75 Å². The third kappa shape index (κ3) is 1.68. The van der Waals surface area contributed by atoms with E-state index in [0.29, 0.717) is 0 Å². The highest BCUT2D eigenvalue weighted by atomic mass is 16.5. The zero-order valence-corrected chi connectivity index (χ0v) is 9.03. The van der Waals surface area contributed by atoms with Crippen molar-refractivity contribution in [3.05, 3.63) is 42.0 Å². The molecule has 0 radical (unpaired) electrons. The summed E-state index contributed by atoms with van der Waals surface area (Å²) in [4.78, 5) is 0. The Kier molecular flexibility index (Phi) is 2.60. The van der Waals surface area contributed by atoms with Gasteiger partial charge in [-0.3, -0.25) is 0 Å². The molecule has 2 nitrogen and oxygen atoms in total. The summed E-state index contributed by atoms with van der Waals surface area (Å²) >= 11 is 0. The largest absolute Gasteiger partial charge is 0.496 e. The van der Waals surface area contributed by atoms with E-state index < -0.39 is 0 Å². The molecule has 0 saturated carbocycles. The van der Waals surface area contributed by atoms with E-state index in [4.69, 9.17) is 10.5 Å². The van der Waals surface area contributed by atoms with Crippen molar-refractivity contribution >= 4 is 10.8 Å². The van der Waals surface area contributed by atoms with Crippen LogP contribution in [0.2, 0.25) is 0 Å². The van der Waals surface area contributed by atoms with Crippen LogP contribution >= 0.6 is 0 Å². The Hall–Kier alpha value is -1.54. The molecule has 2 aromatic rings. The Morgan fingerprint density at radius 2 is 1.73 bits per heavy atom. The number of fused-ring (bicyclic) bond motifs is 1. The molecule has 0 heterocycles. The van der Waals surface area contributed by atoms with Crippen LogP contribution in [0.3, 0.4) is 0 Å². The molecule has 2 aromatic carbocycles. The van der Waals surface area contributed by atoms with E-state index in [1.54, 1.807) is 7.11 Å². The summed E-state index contributed by atoms with van der Waals surface area (Å²) in [7, 11) is 1.69. The Bertz CT molecular complexity index is 477. The van der Waals surface area contributed by atoms with Gasteiger partial charge in [-0.25, -0.2) is 0 Å². The zero-order chi connectivity index (χ0) is 10.8. The van der Waals surface area contributed by atoms with Gasteiger partial charge in [-0.1, -0.05) is 30.3 Å². The van der Waals surface area contributed by atoms with E-state index in [9.17, 15) is 0 Å². The topological polar surface area (TPSA) is 35.2 Å². The van der Waals surface area contributed by atoms with Crippen molar-refractivity contribution in [1.82, 2.24) is 0 Å². The summed E-state index contributed by atoms with van der Waals surface area (Å²) in [6.45, 7) is 1.99. The molecule has 0 aliphatic carbocycles. The second kappa shape index (κ2) is 3.91. The molecule has 2 heteroatoms. The molecule has 0 aliphatic rings. The summed E-state index contributed by atoms with van der Waals surface area (Å²) in [5.74, 6) is 0.898. The molecule has 0 aromatic heterocycles. The molecule has 0 bridgehead atoms. The van der Waals surface area contributed by atoms with Crippen LogP contribution in [0.15, 0.2) is 36.4 Å². The van der Waals surface area contributed by atoms with Gasteiger partial charge in [0.05, 0.1) is 7.11 Å². The first-order chi connectivity index (χ1) is 7.24. The Labute approximate surface area is 89.7 Å². The minimum atomic E-state index is 0.0424. The van der Waals surface area contributed by atoms with Gasteiger partial charge in [-0.15, -0.1) is 0 Å². The summed E-state index contributed by atoms with van der Waals surface area (Å²) in [5, 5.41) is 2.29. The average molecular weight is 201 g/mol. The molecule has 15 heavy (non-hydrogen) atoms. The first kappa shape index (κ1) is 9.99. The van der Waals surface area contributed by atoms with Crippen LogP contribution in [0.1, 0.15) is 18.5 Å². The molecule has 78 valence electrons. The van der Waals surface area contributed by atoms with Crippen molar-refractivity contribution in [3.8, 4) is 5.75 Å². The molecule has 0 saturated heterocycles. The van der Waals surface area contributed by atoms with Gasteiger partial charge in [0.2, 0.25) is 0 Å². The number of ether oxygens (including phenoxy) is 1. The quantitative estimate of drug-likeness (QED) is 0.810. The first-order valence-electron chi connectivity index (χ1n) is 5.05. The number of rotatable bonds is 2. The SMILES string of the molecule is COc1ccc([C@@H](C)N)c2ccccc12. The van der Waals surface area contributed by atoms with Crippen LogP contribution in [-0.2, 0) is 0 Å². The van der Waals surface area contributed by atoms with E-state index in [1.165, 1.54) is 5.39 Å². The van der Waals surface area contributed by atoms with E-state index in [1.807, 2.05) is 31.2 Å². The summed E-state index contributed by atoms with van der Waals surface area (Å²) in [6, 6.07) is 12.2. The third-order valence-electron chi connectivity index (χ3n) is 2.63. The number of hydrogen-bond donors (Lipinski definition) is 1. The lowest BCUT2D eigenvalue weighted by molar-refractivity contribution is 0.419. The molecule has 0 aliphatic heterocycles. The van der Waals surface area contributed by atoms with Crippen molar-refractivity contribution in [2.24, 2.45) is 5.73 Å². The monoisotopic (exact) mass is 201 g/mol. The molecular weight excluding hydrogens is 186 g/mol. The predicted octanol–water partition coefficient (Wildman–Crippen LogP) is 2.87. The van der Waals surface area contributed by atoms with Crippen molar-refractivity contribution in [3.63, 3.8) is 0 Å². The third-order valence-corrected chi connectivity index (χ3v) is 2.63. The van der Waals surface area contributed by atoms with Crippen molar-refractivity contribution < 1.29 is 4.74 Å². The van der Waals surface area contributed by atoms with Gasteiger partial charge in [0, 0.05) is 11.4 Å². The van der Waals surface area contributed by atoms with Crippen LogP contribution in [0, 0.1) is 0 Å². The normalized spacial score (nSPS) is 12.7. The first-order valence-corrected chi connectivity index (χ1v) is 5.05. The fourth-order valence-corrected chi connectivity index (χ4v) is 1.87. The molecule has 0 fully saturated rings. The van der Waals surface area contributed by atoms with Gasteiger partial charge >= 0.3 is 0 Å². The Morgan fingerprint density at radius 3 is 2.33 bits per heavy atom. The lowest BCUT2D eigenvalue weighted by Crippen LogP contribution is -2.05. The number of hydrogen-bond acceptors (Lipinski definition) is 2. The molecule has 0 amide bonds. The second-order valence-electron chi connectivity index (χ2n) is 3.69. The second-order valence-corrected chi connectivity index (χ2v) is 3.69. The van der Waals surface area contributed by atoms with E-state index in [2.05, 4.69) is 12.1 Å². The minimum absolute atomic E-state index is 0.0424. The van der Waals surface area contributed by atoms with Crippen LogP contribution in [0.4, 0.5) is 0 Å². The van der Waals surface area contributed by atoms with Crippen LogP contribution < -0.4 is 10.5 Å². The molecule has 2 rings (SSSR count). The fourth-order valence-electron chi connectivity index (χ4n) is 1.87. The van der Waals surface area contributed by atoms with Crippen molar-refractivity contribution in [2.75, 3.05) is 7.11 Å². The molecule has 0 spiro atoms. The molecular formula is C13H15NO. The van der Waals surface area contributed by atoms with Gasteiger partial charge in [-0.2, -0.15) is 0 Å². The maximum atomic E-state index is 5.93. The lowest BCUT2D eigenvalue weighted by atomic mass is 9.99.